The molecule has 0 unspecified atom stereocenters. The maximum absolute atomic E-state index is 10.6. The second kappa shape index (κ2) is 4.91. The minimum atomic E-state index is -0.544. The second-order valence-corrected chi connectivity index (χ2v) is 2.70. The highest BCUT2D eigenvalue weighted by Gasteiger charge is 1.98. The van der Waals surface area contributed by atoms with E-state index in [1.54, 1.807) is 0 Å². The van der Waals surface area contributed by atoms with Gasteiger partial charge in [-0.2, -0.15) is 10.2 Å². The molecule has 1 amide bonds. The molecule has 0 radical (unpaired) electrons. The van der Waals surface area contributed by atoms with Crippen molar-refractivity contribution in [2.24, 2.45) is 16.0 Å². The van der Waals surface area contributed by atoms with Crippen molar-refractivity contribution in [3.8, 4) is 0 Å². The topological polar surface area (TPSA) is 67.8 Å². The van der Waals surface area contributed by atoms with E-state index in [4.69, 9.17) is 5.73 Å². The summed E-state index contributed by atoms with van der Waals surface area (Å²) in [6.45, 7) is 3.60. The lowest BCUT2D eigenvalue weighted by atomic mass is 10.3. The molecule has 0 heterocycles. The van der Waals surface area contributed by atoms with Crippen LogP contribution in [0.1, 0.15) is 0 Å². The molecule has 1 aromatic rings. The molecule has 0 bridgehead atoms. The Morgan fingerprint density at radius 3 is 2.57 bits per heavy atom. The molecule has 14 heavy (non-hydrogen) atoms. The number of nitrogens with zero attached hydrogens (tertiary/aromatic N) is 2. The number of hydrogen-bond donors (Lipinski definition) is 1. The van der Waals surface area contributed by atoms with E-state index in [1.165, 1.54) is 0 Å². The van der Waals surface area contributed by atoms with Crippen molar-refractivity contribution in [1.29, 1.82) is 0 Å². The van der Waals surface area contributed by atoms with Gasteiger partial charge in [0.05, 0.1) is 12.2 Å². The van der Waals surface area contributed by atoms with Gasteiger partial charge in [-0.05, 0) is 12.1 Å². The summed E-state index contributed by atoms with van der Waals surface area (Å²) in [6, 6.07) is 9.24. The van der Waals surface area contributed by atoms with Crippen molar-refractivity contribution in [1.82, 2.24) is 0 Å². The molecule has 4 heteroatoms. The van der Waals surface area contributed by atoms with Gasteiger partial charge in [-0.15, -0.1) is 0 Å². The van der Waals surface area contributed by atoms with Gasteiger partial charge in [-0.3, -0.25) is 4.79 Å². The number of amides is 1. The highest BCUT2D eigenvalue weighted by atomic mass is 16.1. The summed E-state index contributed by atoms with van der Waals surface area (Å²) in [6.07, 6.45) is 0. The lowest BCUT2D eigenvalue weighted by Crippen LogP contribution is -2.14. The van der Waals surface area contributed by atoms with Crippen molar-refractivity contribution in [3.63, 3.8) is 0 Å². The number of carbonyl (C=O) groups is 1. The van der Waals surface area contributed by atoms with Crippen molar-refractivity contribution >= 4 is 11.6 Å². The van der Waals surface area contributed by atoms with Gasteiger partial charge in [0.2, 0.25) is 5.91 Å². The van der Waals surface area contributed by atoms with Crippen LogP contribution in [0.3, 0.4) is 0 Å². The summed E-state index contributed by atoms with van der Waals surface area (Å²) >= 11 is 0. The number of benzene rings is 1. The van der Waals surface area contributed by atoms with Crippen LogP contribution in [0.4, 0.5) is 5.69 Å². The zero-order chi connectivity index (χ0) is 10.4. The van der Waals surface area contributed by atoms with Gasteiger partial charge in [0.15, 0.2) is 0 Å². The number of hydrogen-bond acceptors (Lipinski definition) is 3. The van der Waals surface area contributed by atoms with Crippen LogP contribution >= 0.6 is 0 Å². The molecule has 0 aliphatic carbocycles. The Bertz CT molecular complexity index is 357. The number of carbonyl (C=O) groups excluding carboxylic acids is 1. The molecule has 0 aliphatic rings. The standard InChI is InChI=1S/C10H11N3O/c1-8(10(11)14)7-12-13-9-5-3-2-4-6-9/h2-6H,1,7H2,(H2,11,14). The van der Waals surface area contributed by atoms with Crippen LogP contribution in [-0.4, -0.2) is 12.5 Å². The number of nitrogens with two attached hydrogens (primary N) is 1. The molecule has 72 valence electrons. The third-order valence-corrected chi connectivity index (χ3v) is 1.55. The zero-order valence-electron chi connectivity index (χ0n) is 7.68. The zero-order valence-corrected chi connectivity index (χ0v) is 7.68. The van der Waals surface area contributed by atoms with E-state index in [-0.39, 0.29) is 12.1 Å². The summed E-state index contributed by atoms with van der Waals surface area (Å²) in [5, 5.41) is 7.67. The Labute approximate surface area is 82.1 Å². The van der Waals surface area contributed by atoms with Gasteiger partial charge in [-0.1, -0.05) is 24.8 Å². The molecule has 4 nitrogen and oxygen atoms in total. The number of primary amides is 1. The first kappa shape index (κ1) is 10.1. The maximum atomic E-state index is 10.6. The average Bonchev–Trinajstić information content (AvgIpc) is 2.19. The fraction of sp³-hybridized carbons (Fsp3) is 0.100. The Morgan fingerprint density at radius 2 is 2.00 bits per heavy atom. The van der Waals surface area contributed by atoms with E-state index >= 15 is 0 Å². The summed E-state index contributed by atoms with van der Waals surface area (Å²) in [5.41, 5.74) is 5.97. The quantitative estimate of drug-likeness (QED) is 0.569. The molecule has 0 spiro atoms. The minimum absolute atomic E-state index is 0.143. The van der Waals surface area contributed by atoms with Crippen molar-refractivity contribution in [2.45, 2.75) is 0 Å². The molecule has 0 saturated heterocycles. The van der Waals surface area contributed by atoms with E-state index < -0.39 is 5.91 Å². The first-order valence-corrected chi connectivity index (χ1v) is 4.10. The monoisotopic (exact) mass is 189 g/mol. The van der Waals surface area contributed by atoms with Gasteiger partial charge >= 0.3 is 0 Å². The van der Waals surface area contributed by atoms with Gasteiger partial charge < -0.3 is 5.73 Å². The van der Waals surface area contributed by atoms with Crippen LogP contribution < -0.4 is 5.73 Å². The summed E-state index contributed by atoms with van der Waals surface area (Å²) in [5.74, 6) is -0.544. The van der Waals surface area contributed by atoms with Gasteiger partial charge in [-0.25, -0.2) is 0 Å². The van der Waals surface area contributed by atoms with Gasteiger partial charge in [0.1, 0.15) is 0 Å². The van der Waals surface area contributed by atoms with Gasteiger partial charge in [0, 0.05) is 5.57 Å². The van der Waals surface area contributed by atoms with Crippen LogP contribution in [0.2, 0.25) is 0 Å². The van der Waals surface area contributed by atoms with E-state index in [1.807, 2.05) is 30.3 Å². The largest absolute Gasteiger partial charge is 0.366 e. The lowest BCUT2D eigenvalue weighted by molar-refractivity contribution is -0.114. The van der Waals surface area contributed by atoms with Crippen LogP contribution in [0.5, 0.6) is 0 Å². The summed E-state index contributed by atoms with van der Waals surface area (Å²) in [7, 11) is 0. The molecule has 0 saturated carbocycles. The van der Waals surface area contributed by atoms with E-state index in [0.717, 1.165) is 5.69 Å². The Balaban J connectivity index is 2.50. The maximum Gasteiger partial charge on any atom is 0.245 e. The summed E-state index contributed by atoms with van der Waals surface area (Å²) in [4.78, 5) is 10.6. The van der Waals surface area contributed by atoms with E-state index in [0.29, 0.717) is 0 Å². The molecule has 2 N–H and O–H groups in total. The lowest BCUT2D eigenvalue weighted by Gasteiger charge is -1.93. The Kier molecular flexibility index (Phi) is 3.55. The fourth-order valence-electron chi connectivity index (χ4n) is 0.775. The molecule has 1 rings (SSSR count). The summed E-state index contributed by atoms with van der Waals surface area (Å²) < 4.78 is 0. The first-order chi connectivity index (χ1) is 6.70. The van der Waals surface area contributed by atoms with E-state index in [9.17, 15) is 4.79 Å². The van der Waals surface area contributed by atoms with Gasteiger partial charge in [0.25, 0.3) is 0 Å². The molecule has 0 aromatic heterocycles. The van der Waals surface area contributed by atoms with Crippen LogP contribution in [0.25, 0.3) is 0 Å². The molecular weight excluding hydrogens is 178 g/mol. The molecule has 1 aromatic carbocycles. The molecule has 0 aliphatic heterocycles. The Hall–Kier alpha value is -1.97. The van der Waals surface area contributed by atoms with Crippen molar-refractivity contribution < 1.29 is 4.79 Å². The second-order valence-electron chi connectivity index (χ2n) is 2.70. The third kappa shape index (κ3) is 3.18. The first-order valence-electron chi connectivity index (χ1n) is 4.10. The van der Waals surface area contributed by atoms with Crippen LogP contribution in [0.15, 0.2) is 52.7 Å². The van der Waals surface area contributed by atoms with Crippen LogP contribution in [-0.2, 0) is 4.79 Å². The van der Waals surface area contributed by atoms with Crippen molar-refractivity contribution in [3.05, 3.63) is 42.5 Å². The predicted octanol–water partition coefficient (Wildman–Crippen LogP) is 1.81. The smallest absolute Gasteiger partial charge is 0.245 e. The number of rotatable bonds is 4. The van der Waals surface area contributed by atoms with Crippen LogP contribution in [0, 0.1) is 0 Å². The third-order valence-electron chi connectivity index (χ3n) is 1.55. The average molecular weight is 189 g/mol. The predicted molar refractivity (Wildman–Crippen MR) is 54.2 cm³/mol. The fourth-order valence-corrected chi connectivity index (χ4v) is 0.775. The minimum Gasteiger partial charge on any atom is -0.366 e. The van der Waals surface area contributed by atoms with E-state index in [2.05, 4.69) is 16.8 Å². The SMILES string of the molecule is C=C(CN=Nc1ccccc1)C(N)=O. The highest BCUT2D eigenvalue weighted by molar-refractivity contribution is 5.91. The molecule has 0 atom stereocenters. The molecular formula is C10H11N3O. The molecule has 0 fully saturated rings. The normalized spacial score (nSPS) is 10.3. The number of azo groups is 1. The van der Waals surface area contributed by atoms with Crippen molar-refractivity contribution in [2.75, 3.05) is 6.54 Å². The Morgan fingerprint density at radius 1 is 1.36 bits per heavy atom. The highest BCUT2D eigenvalue weighted by Crippen LogP contribution is 2.10.